The molecule has 3 fully saturated rings. The number of aromatic amines is 1. The summed E-state index contributed by atoms with van der Waals surface area (Å²) in [7, 11) is 0. The van der Waals surface area contributed by atoms with Crippen LogP contribution in [0, 0.1) is 5.92 Å². The lowest BCUT2D eigenvalue weighted by Crippen LogP contribution is -2.62. The Morgan fingerprint density at radius 1 is 1.17 bits per heavy atom. The maximum Gasteiger partial charge on any atom is 0.251 e. The molecule has 2 aliphatic carbocycles. The molecule has 0 bridgehead atoms. The molecule has 2 aromatic rings. The van der Waals surface area contributed by atoms with E-state index < -0.39 is 0 Å². The molecule has 6 heteroatoms. The minimum atomic E-state index is -0.218. The number of likely N-dealkylation sites (tertiary alicyclic amines) is 1. The molecule has 1 aliphatic heterocycles. The maximum atomic E-state index is 12.9. The number of benzene rings is 1. The van der Waals surface area contributed by atoms with Gasteiger partial charge in [-0.3, -0.25) is 9.59 Å². The third-order valence-corrected chi connectivity index (χ3v) is 7.34. The highest BCUT2D eigenvalue weighted by Gasteiger charge is 2.56. The molecule has 2 heterocycles. The summed E-state index contributed by atoms with van der Waals surface area (Å²) in [6.07, 6.45) is 9.80. The first-order valence-corrected chi connectivity index (χ1v) is 10.9. The van der Waals surface area contributed by atoms with Crippen molar-refractivity contribution in [3.63, 3.8) is 0 Å². The number of nitrogens with zero attached hydrogens (tertiary/aromatic N) is 1. The Labute approximate surface area is 171 Å². The molecule has 1 aromatic heterocycles. The molecule has 1 saturated heterocycles. The molecule has 154 valence electrons. The number of nitrogens with one attached hydrogen (secondary N) is 2. The van der Waals surface area contributed by atoms with Gasteiger partial charge in [0.15, 0.2) is 0 Å². The van der Waals surface area contributed by atoms with Crippen LogP contribution in [0.2, 0.25) is 0 Å². The molecule has 2 saturated carbocycles. The topological polar surface area (TPSA) is 74.4 Å². The number of amides is 2. The van der Waals surface area contributed by atoms with Crippen LogP contribution in [0.1, 0.15) is 55.3 Å². The van der Waals surface area contributed by atoms with Gasteiger partial charge in [0.1, 0.15) is 6.61 Å². The van der Waals surface area contributed by atoms with Gasteiger partial charge >= 0.3 is 0 Å². The van der Waals surface area contributed by atoms with E-state index in [0.717, 1.165) is 49.6 Å². The third-order valence-electron chi connectivity index (χ3n) is 7.34. The minimum absolute atomic E-state index is 0.0744. The molecule has 2 unspecified atom stereocenters. The van der Waals surface area contributed by atoms with Crippen molar-refractivity contribution in [3.05, 3.63) is 36.0 Å². The fraction of sp³-hybridized carbons (Fsp3) is 0.565. The lowest BCUT2D eigenvalue weighted by molar-refractivity contribution is -0.146. The zero-order valence-electron chi connectivity index (χ0n) is 16.8. The minimum Gasteiger partial charge on any atom is -0.368 e. The van der Waals surface area contributed by atoms with Gasteiger partial charge in [-0.05, 0) is 62.3 Å². The van der Waals surface area contributed by atoms with E-state index in [4.69, 9.17) is 4.74 Å². The molecular weight excluding hydrogens is 366 g/mol. The molecule has 5 rings (SSSR count). The van der Waals surface area contributed by atoms with Crippen LogP contribution in [0.4, 0.5) is 0 Å². The van der Waals surface area contributed by atoms with Crippen molar-refractivity contribution in [2.24, 2.45) is 5.92 Å². The van der Waals surface area contributed by atoms with E-state index in [1.165, 1.54) is 12.8 Å². The summed E-state index contributed by atoms with van der Waals surface area (Å²) in [6.45, 7) is 1.48. The van der Waals surface area contributed by atoms with E-state index in [-0.39, 0.29) is 30.1 Å². The van der Waals surface area contributed by atoms with Crippen LogP contribution < -0.4 is 5.32 Å². The monoisotopic (exact) mass is 395 g/mol. The van der Waals surface area contributed by atoms with Gasteiger partial charge in [0.25, 0.3) is 5.91 Å². The fourth-order valence-corrected chi connectivity index (χ4v) is 5.51. The first-order valence-electron chi connectivity index (χ1n) is 10.9. The van der Waals surface area contributed by atoms with Crippen molar-refractivity contribution >= 4 is 22.7 Å². The van der Waals surface area contributed by atoms with Gasteiger partial charge in [-0.15, -0.1) is 0 Å². The average Bonchev–Trinajstić information content (AvgIpc) is 3.44. The lowest BCUT2D eigenvalue weighted by atomic mass is 9.67. The Morgan fingerprint density at radius 3 is 2.83 bits per heavy atom. The second-order valence-electron chi connectivity index (χ2n) is 8.85. The maximum absolute atomic E-state index is 12.9. The van der Waals surface area contributed by atoms with Crippen LogP contribution in [0.3, 0.4) is 0 Å². The highest BCUT2D eigenvalue weighted by molar-refractivity contribution is 5.98. The largest absolute Gasteiger partial charge is 0.368 e. The summed E-state index contributed by atoms with van der Waals surface area (Å²) in [5.74, 6) is 0.502. The van der Waals surface area contributed by atoms with Crippen molar-refractivity contribution in [3.8, 4) is 0 Å². The Balaban J connectivity index is 1.23. The number of carbonyl (C=O) groups excluding carboxylic acids is 2. The molecule has 2 amide bonds. The quantitative estimate of drug-likeness (QED) is 0.789. The molecule has 29 heavy (non-hydrogen) atoms. The van der Waals surface area contributed by atoms with E-state index in [1.54, 1.807) is 0 Å². The average molecular weight is 396 g/mol. The Bertz CT molecular complexity index is 917. The van der Waals surface area contributed by atoms with Gasteiger partial charge in [0, 0.05) is 35.8 Å². The number of rotatable bonds is 6. The fourth-order valence-electron chi connectivity index (χ4n) is 5.51. The van der Waals surface area contributed by atoms with Crippen molar-refractivity contribution in [2.45, 2.75) is 56.6 Å². The van der Waals surface area contributed by atoms with Crippen LogP contribution in [0.15, 0.2) is 30.5 Å². The standard InChI is InChI=1S/C23H29N3O3/c27-21(14-29-19-3-1-2-4-19)26-12-9-18-7-10-23(18,26)15-25-22(28)17-5-6-20-16(13-17)8-11-24-20/h5-6,8,11,13,18-19,24H,1-4,7,9-10,12,14-15H2,(H,25,28). The van der Waals surface area contributed by atoms with Gasteiger partial charge in [-0.1, -0.05) is 12.8 Å². The first-order chi connectivity index (χ1) is 14.2. The van der Waals surface area contributed by atoms with E-state index >= 15 is 0 Å². The first kappa shape index (κ1) is 18.7. The van der Waals surface area contributed by atoms with E-state index in [1.807, 2.05) is 35.4 Å². The van der Waals surface area contributed by atoms with Gasteiger partial charge in [-0.2, -0.15) is 0 Å². The summed E-state index contributed by atoms with van der Waals surface area (Å²) in [5.41, 5.74) is 1.46. The van der Waals surface area contributed by atoms with E-state index in [9.17, 15) is 9.59 Å². The van der Waals surface area contributed by atoms with Gasteiger partial charge < -0.3 is 19.9 Å². The molecular formula is C23H29N3O3. The molecule has 3 aliphatic rings. The van der Waals surface area contributed by atoms with Crippen LogP contribution in [0.25, 0.3) is 10.9 Å². The lowest BCUT2D eigenvalue weighted by Gasteiger charge is -2.50. The van der Waals surface area contributed by atoms with Gasteiger partial charge in [-0.25, -0.2) is 0 Å². The second kappa shape index (κ2) is 7.48. The zero-order chi connectivity index (χ0) is 19.8. The van der Waals surface area contributed by atoms with Crippen molar-refractivity contribution < 1.29 is 14.3 Å². The van der Waals surface area contributed by atoms with E-state index in [0.29, 0.717) is 18.0 Å². The van der Waals surface area contributed by atoms with Crippen LogP contribution in [-0.4, -0.2) is 53.0 Å². The second-order valence-corrected chi connectivity index (χ2v) is 8.85. The molecule has 1 aromatic carbocycles. The predicted octanol–water partition coefficient (Wildman–Crippen LogP) is 3.24. The Hall–Kier alpha value is -2.34. The number of ether oxygens (including phenoxy) is 1. The summed E-state index contributed by atoms with van der Waals surface area (Å²) in [4.78, 5) is 30.8. The smallest absolute Gasteiger partial charge is 0.251 e. The third kappa shape index (κ3) is 3.33. The molecule has 2 atom stereocenters. The molecule has 0 spiro atoms. The highest BCUT2D eigenvalue weighted by Crippen LogP contribution is 2.50. The predicted molar refractivity (Wildman–Crippen MR) is 111 cm³/mol. The molecule has 0 radical (unpaired) electrons. The van der Waals surface area contributed by atoms with Crippen LogP contribution in [0.5, 0.6) is 0 Å². The number of hydrogen-bond donors (Lipinski definition) is 2. The van der Waals surface area contributed by atoms with Gasteiger partial charge in [0.2, 0.25) is 5.91 Å². The van der Waals surface area contributed by atoms with Gasteiger partial charge in [0.05, 0.1) is 11.6 Å². The molecule has 6 nitrogen and oxygen atoms in total. The zero-order valence-corrected chi connectivity index (χ0v) is 16.8. The van der Waals surface area contributed by atoms with Crippen molar-refractivity contribution in [1.82, 2.24) is 15.2 Å². The summed E-state index contributed by atoms with van der Waals surface area (Å²) < 4.78 is 5.88. The Kier molecular flexibility index (Phi) is 4.82. The van der Waals surface area contributed by atoms with Crippen molar-refractivity contribution in [1.29, 1.82) is 0 Å². The highest BCUT2D eigenvalue weighted by atomic mass is 16.5. The van der Waals surface area contributed by atoms with Crippen molar-refractivity contribution in [2.75, 3.05) is 19.7 Å². The SMILES string of the molecule is O=C(NCC12CCC1CCN2C(=O)COC1CCCC1)c1ccc2[nH]ccc2c1. The summed E-state index contributed by atoms with van der Waals surface area (Å²) >= 11 is 0. The number of carbonyl (C=O) groups is 2. The number of hydrogen-bond acceptors (Lipinski definition) is 3. The summed E-state index contributed by atoms with van der Waals surface area (Å²) in [6, 6.07) is 7.65. The summed E-state index contributed by atoms with van der Waals surface area (Å²) in [5, 5.41) is 4.15. The number of fused-ring (bicyclic) bond motifs is 2. The van der Waals surface area contributed by atoms with E-state index in [2.05, 4.69) is 10.3 Å². The van der Waals surface area contributed by atoms with Crippen LogP contribution in [-0.2, 0) is 9.53 Å². The normalized spacial score (nSPS) is 26.5. The molecule has 2 N–H and O–H groups in total. The number of aromatic nitrogens is 1. The number of H-pyrrole nitrogens is 1. The van der Waals surface area contributed by atoms with Crippen LogP contribution >= 0.6 is 0 Å². The Morgan fingerprint density at radius 2 is 2.03 bits per heavy atom.